The average molecular weight is 842 g/mol. The summed E-state index contributed by atoms with van der Waals surface area (Å²) in [6.45, 7) is 4.75. The number of furan rings is 1. The lowest BCUT2D eigenvalue weighted by atomic mass is 9.70. The number of hydrogen-bond donors (Lipinski definition) is 0. The van der Waals surface area contributed by atoms with Gasteiger partial charge in [0, 0.05) is 33.1 Å². The van der Waals surface area contributed by atoms with Crippen LogP contribution in [0.3, 0.4) is 0 Å². The normalized spacial score (nSPS) is 15.6. The molecule has 3 aliphatic rings. The van der Waals surface area contributed by atoms with Crippen LogP contribution in [0.25, 0.3) is 77.6 Å². The minimum atomic E-state index is -0.512. The van der Waals surface area contributed by atoms with Crippen LogP contribution in [0.1, 0.15) is 47.2 Å². The number of para-hydroxylation sites is 1. The van der Waals surface area contributed by atoms with Gasteiger partial charge in [-0.2, -0.15) is 0 Å². The Kier molecular flexibility index (Phi) is 7.70. The number of benzene rings is 10. The van der Waals surface area contributed by atoms with Crippen LogP contribution in [0, 0.1) is 0 Å². The Labute approximate surface area is 384 Å². The predicted octanol–water partition coefficient (Wildman–Crippen LogP) is 17.0. The minimum absolute atomic E-state index is 0.160. The smallest absolute Gasteiger partial charge is 0.136 e. The van der Waals surface area contributed by atoms with Gasteiger partial charge in [-0.05, 0) is 126 Å². The maximum absolute atomic E-state index is 6.34. The van der Waals surface area contributed by atoms with Crippen molar-refractivity contribution in [3.8, 4) is 55.6 Å². The summed E-state index contributed by atoms with van der Waals surface area (Å²) in [6, 6.07) is 83.3. The number of rotatable bonds is 5. The minimum Gasteiger partial charge on any atom is -0.456 e. The van der Waals surface area contributed by atoms with Crippen LogP contribution in [0.2, 0.25) is 0 Å². The Hall–Kier alpha value is -8.20. The second-order valence-electron chi connectivity index (χ2n) is 18.7. The number of anilines is 3. The van der Waals surface area contributed by atoms with Crippen LogP contribution in [0.15, 0.2) is 229 Å². The Balaban J connectivity index is 1.02. The van der Waals surface area contributed by atoms with Gasteiger partial charge in [-0.15, -0.1) is 0 Å². The molecular formula is C64H43NO. The fourth-order valence-corrected chi connectivity index (χ4v) is 12.3. The van der Waals surface area contributed by atoms with E-state index >= 15 is 0 Å². The van der Waals surface area contributed by atoms with Crippen molar-refractivity contribution in [3.05, 3.63) is 258 Å². The third-order valence-electron chi connectivity index (χ3n) is 15.1. The molecule has 3 aliphatic carbocycles. The zero-order valence-corrected chi connectivity index (χ0v) is 36.7. The van der Waals surface area contributed by atoms with Crippen LogP contribution < -0.4 is 4.90 Å². The molecule has 0 amide bonds. The van der Waals surface area contributed by atoms with Gasteiger partial charge in [-0.1, -0.05) is 196 Å². The van der Waals surface area contributed by atoms with E-state index in [-0.39, 0.29) is 5.41 Å². The number of fused-ring (bicyclic) bond motifs is 16. The van der Waals surface area contributed by atoms with E-state index < -0.39 is 5.41 Å². The Bertz CT molecular complexity index is 3800. The summed E-state index contributed by atoms with van der Waals surface area (Å²) in [6.07, 6.45) is 0. The maximum atomic E-state index is 6.34. The van der Waals surface area contributed by atoms with Gasteiger partial charge < -0.3 is 9.32 Å². The Morgan fingerprint density at radius 3 is 1.67 bits per heavy atom. The van der Waals surface area contributed by atoms with Crippen molar-refractivity contribution in [1.29, 1.82) is 0 Å². The van der Waals surface area contributed by atoms with Crippen molar-refractivity contribution in [2.45, 2.75) is 24.7 Å². The molecular weight excluding hydrogens is 799 g/mol. The molecule has 14 rings (SSSR count). The van der Waals surface area contributed by atoms with E-state index in [1.54, 1.807) is 0 Å². The van der Waals surface area contributed by atoms with Crippen LogP contribution in [-0.2, 0) is 10.8 Å². The van der Waals surface area contributed by atoms with Gasteiger partial charge in [0.1, 0.15) is 11.2 Å². The molecule has 1 heterocycles. The molecule has 0 saturated heterocycles. The highest BCUT2D eigenvalue weighted by Crippen LogP contribution is 2.66. The summed E-state index contributed by atoms with van der Waals surface area (Å²) in [4.78, 5) is 2.52. The van der Waals surface area contributed by atoms with E-state index in [0.717, 1.165) is 50.1 Å². The first kappa shape index (κ1) is 37.2. The first-order valence-electron chi connectivity index (χ1n) is 23.1. The fraction of sp³-hybridized carbons (Fsp3) is 0.0625. The fourth-order valence-electron chi connectivity index (χ4n) is 12.3. The van der Waals surface area contributed by atoms with E-state index in [9.17, 15) is 0 Å². The molecule has 2 nitrogen and oxygen atoms in total. The molecule has 1 unspecified atom stereocenters. The van der Waals surface area contributed by atoms with E-state index in [1.165, 1.54) is 77.9 Å². The van der Waals surface area contributed by atoms with Gasteiger partial charge in [0.25, 0.3) is 0 Å². The molecule has 0 saturated carbocycles. The molecule has 310 valence electrons. The van der Waals surface area contributed by atoms with Crippen LogP contribution in [0.5, 0.6) is 0 Å². The molecule has 0 bridgehead atoms. The van der Waals surface area contributed by atoms with Crippen LogP contribution in [-0.4, -0.2) is 0 Å². The highest BCUT2D eigenvalue weighted by atomic mass is 16.3. The summed E-state index contributed by atoms with van der Waals surface area (Å²) in [7, 11) is 0. The Morgan fingerprint density at radius 2 is 0.879 bits per heavy atom. The van der Waals surface area contributed by atoms with E-state index in [1.807, 2.05) is 6.07 Å². The average Bonchev–Trinajstić information content (AvgIpc) is 4.07. The largest absolute Gasteiger partial charge is 0.456 e. The van der Waals surface area contributed by atoms with Crippen molar-refractivity contribution >= 4 is 39.0 Å². The summed E-state index contributed by atoms with van der Waals surface area (Å²) >= 11 is 0. The Morgan fingerprint density at radius 1 is 0.348 bits per heavy atom. The van der Waals surface area contributed by atoms with Crippen molar-refractivity contribution in [2.75, 3.05) is 4.90 Å². The van der Waals surface area contributed by atoms with Gasteiger partial charge in [0.05, 0.1) is 11.1 Å². The van der Waals surface area contributed by atoms with Gasteiger partial charge in [0.15, 0.2) is 0 Å². The van der Waals surface area contributed by atoms with E-state index in [2.05, 4.69) is 237 Å². The lowest BCUT2D eigenvalue weighted by Crippen LogP contribution is -2.26. The summed E-state index contributed by atoms with van der Waals surface area (Å²) < 4.78 is 6.34. The standard InChI is InChI=1S/C64H43NO/c1-63(2)51-25-10-6-19-46(51)47-38-37-43(39-56(47)63)65(42-35-33-41(34-36-42)45-24-15-32-59-61(45)50-22-9-13-31-58(50)66-59)57-30-16-29-55-62(57)49-21-8-12-27-53(49)64(55)52-26-11-7-20-48(52)60-44(23-14-28-54(60)64)40-17-4-3-5-18-40/h3-39H,1-2H3. The maximum Gasteiger partial charge on any atom is 0.136 e. The van der Waals surface area contributed by atoms with Gasteiger partial charge in [-0.25, -0.2) is 0 Å². The SMILES string of the molecule is CC1(C)c2ccccc2-c2ccc(N(c3ccc(-c4cccc5oc6ccccc6c45)cc3)c3cccc4c3-c3ccccc3C43c4ccccc4-c4c(-c5ccccc5)cccc43)cc21. The highest BCUT2D eigenvalue weighted by Gasteiger charge is 2.53. The quantitative estimate of drug-likeness (QED) is 0.172. The third-order valence-corrected chi connectivity index (χ3v) is 15.1. The van der Waals surface area contributed by atoms with Gasteiger partial charge in [0.2, 0.25) is 0 Å². The molecule has 66 heavy (non-hydrogen) atoms. The molecule has 10 aromatic carbocycles. The molecule has 1 atom stereocenters. The van der Waals surface area contributed by atoms with Gasteiger partial charge in [-0.3, -0.25) is 0 Å². The third kappa shape index (κ3) is 4.91. The second kappa shape index (κ2) is 13.7. The number of nitrogens with zero attached hydrogens (tertiary/aromatic N) is 1. The monoisotopic (exact) mass is 841 g/mol. The molecule has 1 spiro atoms. The predicted molar refractivity (Wildman–Crippen MR) is 273 cm³/mol. The summed E-state index contributed by atoms with van der Waals surface area (Å²) in [5, 5.41) is 2.28. The van der Waals surface area contributed by atoms with Crippen molar-refractivity contribution in [2.24, 2.45) is 0 Å². The van der Waals surface area contributed by atoms with Crippen molar-refractivity contribution < 1.29 is 4.42 Å². The van der Waals surface area contributed by atoms with Crippen molar-refractivity contribution in [3.63, 3.8) is 0 Å². The zero-order chi connectivity index (χ0) is 43.7. The molecule has 0 fully saturated rings. The molecule has 0 N–H and O–H groups in total. The molecule has 2 heteroatoms. The van der Waals surface area contributed by atoms with Gasteiger partial charge >= 0.3 is 0 Å². The second-order valence-corrected chi connectivity index (χ2v) is 18.7. The molecule has 0 aliphatic heterocycles. The zero-order valence-electron chi connectivity index (χ0n) is 36.7. The molecule has 1 aromatic heterocycles. The molecule has 11 aromatic rings. The van der Waals surface area contributed by atoms with E-state index in [0.29, 0.717) is 0 Å². The number of hydrogen-bond acceptors (Lipinski definition) is 2. The lowest BCUT2D eigenvalue weighted by molar-refractivity contribution is 0.660. The van der Waals surface area contributed by atoms with E-state index in [4.69, 9.17) is 4.42 Å². The molecule has 0 radical (unpaired) electrons. The van der Waals surface area contributed by atoms with Crippen molar-refractivity contribution in [1.82, 2.24) is 0 Å². The van der Waals surface area contributed by atoms with Crippen LogP contribution in [0.4, 0.5) is 17.1 Å². The van der Waals surface area contributed by atoms with Crippen LogP contribution >= 0.6 is 0 Å². The summed E-state index contributed by atoms with van der Waals surface area (Å²) in [5.41, 5.74) is 25.2. The first-order chi connectivity index (χ1) is 32.5. The highest BCUT2D eigenvalue weighted by molar-refractivity contribution is 6.12. The first-order valence-corrected chi connectivity index (χ1v) is 23.1. The lowest BCUT2D eigenvalue weighted by Gasteiger charge is -2.32. The topological polar surface area (TPSA) is 16.4 Å². The summed E-state index contributed by atoms with van der Waals surface area (Å²) in [5.74, 6) is 0.